The van der Waals surface area contributed by atoms with Crippen LogP contribution in [0.1, 0.15) is 18.4 Å². The van der Waals surface area contributed by atoms with Gasteiger partial charge in [0.2, 0.25) is 10.0 Å². The summed E-state index contributed by atoms with van der Waals surface area (Å²) in [6, 6.07) is 2.84. The molecule has 0 aromatic heterocycles. The third kappa shape index (κ3) is 4.28. The number of alkyl halides is 3. The van der Waals surface area contributed by atoms with Gasteiger partial charge in [-0.15, -0.1) is 0 Å². The molecule has 0 N–H and O–H groups in total. The van der Waals surface area contributed by atoms with Crippen molar-refractivity contribution >= 4 is 15.7 Å². The maximum absolute atomic E-state index is 12.9. The highest BCUT2D eigenvalue weighted by atomic mass is 32.2. The molecule has 0 bridgehead atoms. The molecule has 1 fully saturated rings. The largest absolute Gasteiger partial charge is 0.417 e. The molecule has 0 amide bonds. The third-order valence-electron chi connectivity index (χ3n) is 4.12. The van der Waals surface area contributed by atoms with Crippen molar-refractivity contribution in [2.24, 2.45) is 0 Å². The SMILES string of the molecule is CN(C)C1CCN(S(=O)(=O)c2[c]c(C(F)(F)F)cc([N+](=O)[O-])c2)CC1. The highest BCUT2D eigenvalue weighted by Gasteiger charge is 2.37. The molecule has 1 aromatic carbocycles. The van der Waals surface area contributed by atoms with E-state index in [2.05, 4.69) is 0 Å². The van der Waals surface area contributed by atoms with Gasteiger partial charge < -0.3 is 4.90 Å². The first-order chi connectivity index (χ1) is 11.4. The van der Waals surface area contributed by atoms with Gasteiger partial charge in [0.25, 0.3) is 5.69 Å². The molecule has 1 aliphatic rings. The van der Waals surface area contributed by atoms with Crippen molar-refractivity contribution in [3.63, 3.8) is 0 Å². The Kier molecular flexibility index (Phi) is 5.40. The van der Waals surface area contributed by atoms with Gasteiger partial charge in [-0.2, -0.15) is 17.5 Å². The Morgan fingerprint density at radius 2 is 1.84 bits per heavy atom. The molecule has 0 aliphatic carbocycles. The van der Waals surface area contributed by atoms with Gasteiger partial charge in [-0.1, -0.05) is 0 Å². The van der Waals surface area contributed by atoms with Crippen molar-refractivity contribution in [1.82, 2.24) is 9.21 Å². The Labute approximate surface area is 143 Å². The van der Waals surface area contributed by atoms with E-state index >= 15 is 0 Å². The zero-order valence-electron chi connectivity index (χ0n) is 13.6. The Balaban J connectivity index is 2.39. The van der Waals surface area contributed by atoms with E-state index in [-0.39, 0.29) is 25.2 Å². The van der Waals surface area contributed by atoms with Crippen LogP contribution in [0.5, 0.6) is 0 Å². The van der Waals surface area contributed by atoms with Crippen molar-refractivity contribution in [3.05, 3.63) is 33.9 Å². The number of hydrogen-bond donors (Lipinski definition) is 0. The smallest absolute Gasteiger partial charge is 0.306 e. The number of sulfonamides is 1. The van der Waals surface area contributed by atoms with Gasteiger partial charge in [-0.05, 0) is 26.9 Å². The summed E-state index contributed by atoms with van der Waals surface area (Å²) in [5.74, 6) is 0. The van der Waals surface area contributed by atoms with Gasteiger partial charge in [-0.25, -0.2) is 8.42 Å². The summed E-state index contributed by atoms with van der Waals surface area (Å²) in [7, 11) is -0.575. The summed E-state index contributed by atoms with van der Waals surface area (Å²) in [5.41, 5.74) is -2.42. The van der Waals surface area contributed by atoms with Crippen LogP contribution in [0.3, 0.4) is 0 Å². The van der Waals surface area contributed by atoms with Gasteiger partial charge in [-0.3, -0.25) is 10.1 Å². The molecule has 0 unspecified atom stereocenters. The highest BCUT2D eigenvalue weighted by Crippen LogP contribution is 2.34. The van der Waals surface area contributed by atoms with E-state index in [0.29, 0.717) is 18.9 Å². The van der Waals surface area contributed by atoms with E-state index in [1.807, 2.05) is 19.0 Å². The fraction of sp³-hybridized carbons (Fsp3) is 0.571. The molecule has 7 nitrogen and oxygen atoms in total. The number of nitrogens with zero attached hydrogens (tertiary/aromatic N) is 3. The zero-order valence-corrected chi connectivity index (χ0v) is 14.4. The van der Waals surface area contributed by atoms with E-state index in [4.69, 9.17) is 0 Å². The van der Waals surface area contributed by atoms with Crippen molar-refractivity contribution in [2.45, 2.75) is 30.0 Å². The molecule has 2 rings (SSSR count). The molecule has 1 heterocycles. The lowest BCUT2D eigenvalue weighted by atomic mass is 10.1. The number of benzene rings is 1. The number of nitro groups is 1. The van der Waals surface area contributed by atoms with Crippen LogP contribution in [0.4, 0.5) is 18.9 Å². The minimum Gasteiger partial charge on any atom is -0.306 e. The van der Waals surface area contributed by atoms with E-state index in [9.17, 15) is 31.7 Å². The first-order valence-corrected chi connectivity index (χ1v) is 8.82. The summed E-state index contributed by atoms with van der Waals surface area (Å²) in [5, 5.41) is 10.9. The summed E-state index contributed by atoms with van der Waals surface area (Å²) in [4.78, 5) is 10.9. The average molecular weight is 380 g/mol. The molecule has 0 saturated carbocycles. The van der Waals surface area contributed by atoms with Gasteiger partial charge in [0.1, 0.15) is 0 Å². The lowest BCUT2D eigenvalue weighted by Gasteiger charge is -2.34. The standard InChI is InChI=1S/C14H17F3N3O4S/c1-18(2)11-3-5-19(6-4-11)25(23,24)13-8-10(14(15,16)17)7-12(9-13)20(21)22/h7,9,11H,3-6H2,1-2H3. The van der Waals surface area contributed by atoms with E-state index in [1.54, 1.807) is 6.07 Å². The Morgan fingerprint density at radius 3 is 2.28 bits per heavy atom. The lowest BCUT2D eigenvalue weighted by Crippen LogP contribution is -2.44. The van der Waals surface area contributed by atoms with Crippen LogP contribution >= 0.6 is 0 Å². The van der Waals surface area contributed by atoms with Crippen LogP contribution in [0.25, 0.3) is 0 Å². The zero-order chi connectivity index (χ0) is 19.0. The fourth-order valence-corrected chi connectivity index (χ4v) is 4.14. The van der Waals surface area contributed by atoms with Gasteiger partial charge in [0.05, 0.1) is 15.4 Å². The number of hydrogen-bond acceptors (Lipinski definition) is 5. The minimum absolute atomic E-state index is 0.128. The van der Waals surface area contributed by atoms with E-state index in [1.165, 1.54) is 0 Å². The number of nitro benzene ring substituents is 1. The topological polar surface area (TPSA) is 83.8 Å². The van der Waals surface area contributed by atoms with E-state index < -0.39 is 37.3 Å². The van der Waals surface area contributed by atoms with Gasteiger partial charge in [0, 0.05) is 37.3 Å². The molecule has 0 spiro atoms. The lowest BCUT2D eigenvalue weighted by molar-refractivity contribution is -0.385. The quantitative estimate of drug-likeness (QED) is 0.590. The van der Waals surface area contributed by atoms with Crippen molar-refractivity contribution in [2.75, 3.05) is 27.2 Å². The predicted octanol–water partition coefficient (Wildman–Crippen LogP) is 2.13. The second kappa shape index (κ2) is 6.89. The maximum Gasteiger partial charge on any atom is 0.417 e. The molecule has 0 atom stereocenters. The van der Waals surface area contributed by atoms with Crippen LogP contribution in [-0.4, -0.2) is 55.8 Å². The van der Waals surface area contributed by atoms with Crippen molar-refractivity contribution in [1.29, 1.82) is 0 Å². The van der Waals surface area contributed by atoms with Crippen LogP contribution in [-0.2, 0) is 16.2 Å². The van der Waals surface area contributed by atoms with Crippen molar-refractivity contribution < 1.29 is 26.5 Å². The first-order valence-electron chi connectivity index (χ1n) is 7.38. The number of piperidine rings is 1. The van der Waals surface area contributed by atoms with Crippen LogP contribution in [0.2, 0.25) is 0 Å². The van der Waals surface area contributed by atoms with Crippen LogP contribution < -0.4 is 0 Å². The Bertz CT molecular complexity index is 757. The summed E-state index contributed by atoms with van der Waals surface area (Å²) in [6.45, 7) is 0.256. The monoisotopic (exact) mass is 380 g/mol. The summed E-state index contributed by atoms with van der Waals surface area (Å²) < 4.78 is 65.0. The minimum atomic E-state index is -4.94. The first kappa shape index (κ1) is 19.6. The average Bonchev–Trinajstić information content (AvgIpc) is 2.53. The molecule has 25 heavy (non-hydrogen) atoms. The van der Waals surface area contributed by atoms with Crippen LogP contribution in [0, 0.1) is 16.2 Å². The fourth-order valence-electron chi connectivity index (χ4n) is 2.66. The molecule has 139 valence electrons. The Hall–Kier alpha value is -1.72. The second-order valence-electron chi connectivity index (χ2n) is 5.97. The molecule has 1 aliphatic heterocycles. The normalized spacial score (nSPS) is 17.8. The third-order valence-corrected chi connectivity index (χ3v) is 5.94. The molecule has 1 aromatic rings. The molecular weight excluding hydrogens is 363 g/mol. The van der Waals surface area contributed by atoms with Crippen LogP contribution in [0.15, 0.2) is 17.0 Å². The molecule has 1 saturated heterocycles. The number of non-ortho nitro benzene ring substituents is 1. The molecule has 1 radical (unpaired) electrons. The second-order valence-corrected chi connectivity index (χ2v) is 7.88. The summed E-state index contributed by atoms with van der Waals surface area (Å²) >= 11 is 0. The van der Waals surface area contributed by atoms with Gasteiger partial charge in [0.15, 0.2) is 0 Å². The number of halogens is 3. The maximum atomic E-state index is 12.9. The van der Waals surface area contributed by atoms with Crippen molar-refractivity contribution in [3.8, 4) is 0 Å². The number of rotatable bonds is 4. The van der Waals surface area contributed by atoms with Gasteiger partial charge >= 0.3 is 6.18 Å². The Morgan fingerprint density at radius 1 is 1.28 bits per heavy atom. The van der Waals surface area contributed by atoms with E-state index in [0.717, 1.165) is 4.31 Å². The molecular formula is C14H17F3N3O4S. The summed E-state index contributed by atoms with van der Waals surface area (Å²) in [6.07, 6.45) is -3.89. The highest BCUT2D eigenvalue weighted by molar-refractivity contribution is 7.89. The molecule has 11 heteroatoms. The predicted molar refractivity (Wildman–Crippen MR) is 82.4 cm³/mol.